The molecule has 1 amide bonds. The summed E-state index contributed by atoms with van der Waals surface area (Å²) < 4.78 is 0.791. The maximum absolute atomic E-state index is 11.8. The van der Waals surface area contributed by atoms with Crippen LogP contribution in [0.2, 0.25) is 0 Å². The Bertz CT molecular complexity index is 407. The molecule has 0 saturated heterocycles. The Kier molecular flexibility index (Phi) is 7.72. The lowest BCUT2D eigenvalue weighted by Crippen LogP contribution is -2.12. The molecule has 0 bridgehead atoms. The number of aromatic nitrogens is 1. The number of carbonyl (C=O) groups excluding carboxylic acids is 1. The number of unbranched alkanes of at least 4 members (excludes halogenated alkanes) is 5. The fraction of sp³-hybridized carbons (Fsp3) is 0.600. The second-order valence-electron chi connectivity index (χ2n) is 4.83. The Labute approximate surface area is 124 Å². The average Bonchev–Trinajstić information content (AvgIpc) is 2.37. The molecule has 1 heterocycles. The minimum absolute atomic E-state index is 0.0858. The number of rotatable bonds is 8. The van der Waals surface area contributed by atoms with Gasteiger partial charge in [0, 0.05) is 6.42 Å². The predicted octanol–water partition coefficient (Wildman–Crippen LogP) is 4.84. The Morgan fingerprint density at radius 3 is 2.58 bits per heavy atom. The summed E-state index contributed by atoms with van der Waals surface area (Å²) in [5.41, 5.74) is 1.64. The summed E-state index contributed by atoms with van der Waals surface area (Å²) in [5, 5.41) is 2.92. The first-order valence-electron chi connectivity index (χ1n) is 7.06. The van der Waals surface area contributed by atoms with Crippen LogP contribution in [0.25, 0.3) is 0 Å². The van der Waals surface area contributed by atoms with Crippen LogP contribution in [0.1, 0.15) is 57.6 Å². The van der Waals surface area contributed by atoms with E-state index in [1.165, 1.54) is 25.7 Å². The van der Waals surface area contributed by atoms with E-state index in [1.54, 1.807) is 0 Å². The van der Waals surface area contributed by atoms with Crippen LogP contribution in [0.3, 0.4) is 0 Å². The molecule has 106 valence electrons. The summed E-state index contributed by atoms with van der Waals surface area (Å²) in [6, 6.07) is 3.72. The van der Waals surface area contributed by atoms with Crippen molar-refractivity contribution in [3.63, 3.8) is 0 Å². The molecular formula is C15H23BrN2O. The number of hydrogen-bond acceptors (Lipinski definition) is 2. The Hall–Kier alpha value is -0.900. The first-order valence-corrected chi connectivity index (χ1v) is 7.85. The molecule has 1 rings (SSSR count). The number of nitrogens with one attached hydrogen (secondary N) is 1. The highest BCUT2D eigenvalue weighted by molar-refractivity contribution is 9.10. The van der Waals surface area contributed by atoms with Crippen molar-refractivity contribution in [3.05, 3.63) is 22.4 Å². The molecule has 1 aromatic heterocycles. The van der Waals surface area contributed by atoms with Gasteiger partial charge in [0.1, 0.15) is 4.60 Å². The average molecular weight is 327 g/mol. The van der Waals surface area contributed by atoms with Crippen LogP contribution in [0.5, 0.6) is 0 Å². The molecule has 0 radical (unpaired) electrons. The summed E-state index contributed by atoms with van der Waals surface area (Å²) in [7, 11) is 0. The third-order valence-electron chi connectivity index (χ3n) is 3.08. The molecule has 0 aromatic carbocycles. The quantitative estimate of drug-likeness (QED) is 0.548. The van der Waals surface area contributed by atoms with Gasteiger partial charge in [-0.25, -0.2) is 4.98 Å². The van der Waals surface area contributed by atoms with E-state index in [4.69, 9.17) is 0 Å². The lowest BCUT2D eigenvalue weighted by atomic mass is 10.1. The SMILES string of the molecule is CCCCCCCCC(=O)Nc1ccc(Br)nc1C. The first-order chi connectivity index (χ1) is 9.13. The van der Waals surface area contributed by atoms with Crippen LogP contribution in [-0.2, 0) is 4.79 Å². The van der Waals surface area contributed by atoms with Gasteiger partial charge in [-0.2, -0.15) is 0 Å². The number of halogens is 1. The van der Waals surface area contributed by atoms with Gasteiger partial charge in [-0.05, 0) is 41.4 Å². The molecule has 3 nitrogen and oxygen atoms in total. The van der Waals surface area contributed by atoms with E-state index in [0.29, 0.717) is 6.42 Å². The molecule has 0 unspecified atom stereocenters. The van der Waals surface area contributed by atoms with Crippen molar-refractivity contribution >= 4 is 27.5 Å². The van der Waals surface area contributed by atoms with Gasteiger partial charge >= 0.3 is 0 Å². The van der Waals surface area contributed by atoms with Crippen molar-refractivity contribution in [1.29, 1.82) is 0 Å². The van der Waals surface area contributed by atoms with Gasteiger partial charge in [0.25, 0.3) is 0 Å². The van der Waals surface area contributed by atoms with Crippen molar-refractivity contribution in [3.8, 4) is 0 Å². The van der Waals surface area contributed by atoms with Crippen LogP contribution in [-0.4, -0.2) is 10.9 Å². The van der Waals surface area contributed by atoms with Crippen LogP contribution >= 0.6 is 15.9 Å². The smallest absolute Gasteiger partial charge is 0.224 e. The summed E-state index contributed by atoms with van der Waals surface area (Å²) in [6.45, 7) is 4.10. The van der Waals surface area contributed by atoms with E-state index in [2.05, 4.69) is 33.2 Å². The van der Waals surface area contributed by atoms with Gasteiger partial charge in [0.15, 0.2) is 0 Å². The van der Waals surface area contributed by atoms with Gasteiger partial charge < -0.3 is 5.32 Å². The fourth-order valence-electron chi connectivity index (χ4n) is 1.94. The van der Waals surface area contributed by atoms with Gasteiger partial charge in [0.05, 0.1) is 11.4 Å². The molecule has 0 aliphatic heterocycles. The van der Waals surface area contributed by atoms with Crippen LogP contribution in [0, 0.1) is 6.92 Å². The van der Waals surface area contributed by atoms with E-state index in [1.807, 2.05) is 19.1 Å². The monoisotopic (exact) mass is 326 g/mol. The summed E-state index contributed by atoms with van der Waals surface area (Å²) in [5.74, 6) is 0.0858. The van der Waals surface area contributed by atoms with Crippen LogP contribution in [0.4, 0.5) is 5.69 Å². The van der Waals surface area contributed by atoms with E-state index in [-0.39, 0.29) is 5.91 Å². The number of nitrogens with zero attached hydrogens (tertiary/aromatic N) is 1. The van der Waals surface area contributed by atoms with E-state index in [9.17, 15) is 4.79 Å². The zero-order valence-corrected chi connectivity index (χ0v) is 13.4. The van der Waals surface area contributed by atoms with Crippen molar-refractivity contribution in [2.45, 2.75) is 58.8 Å². The molecule has 0 aliphatic rings. The lowest BCUT2D eigenvalue weighted by molar-refractivity contribution is -0.116. The van der Waals surface area contributed by atoms with Crippen LogP contribution in [0.15, 0.2) is 16.7 Å². The van der Waals surface area contributed by atoms with Gasteiger partial charge in [-0.1, -0.05) is 39.0 Å². The summed E-state index contributed by atoms with van der Waals surface area (Å²) >= 11 is 3.31. The minimum atomic E-state index is 0.0858. The molecule has 4 heteroatoms. The maximum atomic E-state index is 11.8. The second-order valence-corrected chi connectivity index (χ2v) is 5.65. The molecule has 0 saturated carbocycles. The third kappa shape index (κ3) is 6.71. The van der Waals surface area contributed by atoms with Gasteiger partial charge in [-0.3, -0.25) is 4.79 Å². The number of pyridine rings is 1. The third-order valence-corrected chi connectivity index (χ3v) is 3.52. The number of aryl methyl sites for hydroxylation is 1. The number of amides is 1. The standard InChI is InChI=1S/C15H23BrN2O/c1-3-4-5-6-7-8-9-15(19)18-13-10-11-14(16)17-12(13)2/h10-11H,3-9H2,1-2H3,(H,18,19). The fourth-order valence-corrected chi connectivity index (χ4v) is 2.34. The summed E-state index contributed by atoms with van der Waals surface area (Å²) in [4.78, 5) is 16.0. The predicted molar refractivity (Wildman–Crippen MR) is 83.3 cm³/mol. The molecule has 0 atom stereocenters. The summed E-state index contributed by atoms with van der Waals surface area (Å²) in [6.07, 6.45) is 7.80. The Balaban J connectivity index is 2.23. The Morgan fingerprint density at radius 2 is 1.89 bits per heavy atom. The topological polar surface area (TPSA) is 42.0 Å². The molecule has 0 spiro atoms. The van der Waals surface area contributed by atoms with E-state index < -0.39 is 0 Å². The molecule has 1 aromatic rings. The highest BCUT2D eigenvalue weighted by atomic mass is 79.9. The number of hydrogen-bond donors (Lipinski definition) is 1. The maximum Gasteiger partial charge on any atom is 0.224 e. The van der Waals surface area contributed by atoms with Crippen molar-refractivity contribution in [2.24, 2.45) is 0 Å². The number of anilines is 1. The van der Waals surface area contributed by atoms with Crippen molar-refractivity contribution < 1.29 is 4.79 Å². The molecule has 1 N–H and O–H groups in total. The van der Waals surface area contributed by atoms with Crippen molar-refractivity contribution in [2.75, 3.05) is 5.32 Å². The normalized spacial score (nSPS) is 10.5. The highest BCUT2D eigenvalue weighted by Gasteiger charge is 2.05. The lowest BCUT2D eigenvalue weighted by Gasteiger charge is -2.08. The molecule has 19 heavy (non-hydrogen) atoms. The zero-order chi connectivity index (χ0) is 14.1. The molecular weight excluding hydrogens is 304 g/mol. The van der Waals surface area contributed by atoms with Crippen molar-refractivity contribution in [1.82, 2.24) is 4.98 Å². The minimum Gasteiger partial charge on any atom is -0.325 e. The highest BCUT2D eigenvalue weighted by Crippen LogP contribution is 2.16. The van der Waals surface area contributed by atoms with Crippen LogP contribution < -0.4 is 5.32 Å². The number of carbonyl (C=O) groups is 1. The zero-order valence-electron chi connectivity index (χ0n) is 11.8. The first kappa shape index (κ1) is 16.2. The largest absolute Gasteiger partial charge is 0.325 e. The van der Waals surface area contributed by atoms with Gasteiger partial charge in [0.2, 0.25) is 5.91 Å². The van der Waals surface area contributed by atoms with E-state index >= 15 is 0 Å². The Morgan fingerprint density at radius 1 is 1.21 bits per heavy atom. The molecule has 0 aliphatic carbocycles. The van der Waals surface area contributed by atoms with Gasteiger partial charge in [-0.15, -0.1) is 0 Å². The van der Waals surface area contributed by atoms with E-state index in [0.717, 1.165) is 28.8 Å². The second kappa shape index (κ2) is 9.08. The molecule has 0 fully saturated rings.